The highest BCUT2D eigenvalue weighted by atomic mass is 28.2. The maximum absolute atomic E-state index is 6.33. The van der Waals surface area contributed by atoms with Crippen molar-refractivity contribution in [3.63, 3.8) is 0 Å². The Bertz CT molecular complexity index is 705. The van der Waals surface area contributed by atoms with E-state index in [0.717, 1.165) is 16.7 Å². The standard InChI is InChI=1S/C21H22O2Si/c1-22-20(17-11-5-2-6-12-17)21(23-24,18-13-7-3-8-14-18)19-15-9-4-10-16-19/h2-16,20H,1,24H3. The average Bonchev–Trinajstić information content (AvgIpc) is 2.68. The summed E-state index contributed by atoms with van der Waals surface area (Å²) in [5.41, 5.74) is 2.64. The Balaban J connectivity index is 2.25. The van der Waals surface area contributed by atoms with Crippen LogP contribution in [0.5, 0.6) is 0 Å². The molecule has 0 heterocycles. The molecule has 0 aromatic heterocycles. The maximum atomic E-state index is 6.33. The van der Waals surface area contributed by atoms with Crippen LogP contribution in [-0.4, -0.2) is 17.6 Å². The van der Waals surface area contributed by atoms with E-state index in [0.29, 0.717) is 10.5 Å². The van der Waals surface area contributed by atoms with Crippen molar-refractivity contribution in [2.75, 3.05) is 7.11 Å². The summed E-state index contributed by atoms with van der Waals surface area (Å²) in [5.74, 6) is 0. The molecule has 3 rings (SSSR count). The van der Waals surface area contributed by atoms with Gasteiger partial charge in [0.1, 0.15) is 22.2 Å². The molecule has 0 saturated heterocycles. The largest absolute Gasteiger partial charge is 0.412 e. The van der Waals surface area contributed by atoms with Gasteiger partial charge in [-0.25, -0.2) is 0 Å². The predicted octanol–water partition coefficient (Wildman–Crippen LogP) is 3.61. The molecular formula is C21H22O2Si. The summed E-state index contributed by atoms with van der Waals surface area (Å²) in [7, 11) is 2.34. The van der Waals surface area contributed by atoms with Gasteiger partial charge in [-0.15, -0.1) is 0 Å². The summed E-state index contributed by atoms with van der Waals surface area (Å²) in [6, 6.07) is 31.0. The second kappa shape index (κ2) is 7.58. The monoisotopic (exact) mass is 334 g/mol. The molecule has 0 bridgehead atoms. The first-order valence-corrected chi connectivity index (χ1v) is 8.88. The minimum Gasteiger partial charge on any atom is -0.412 e. The quantitative estimate of drug-likeness (QED) is 0.641. The lowest BCUT2D eigenvalue weighted by Crippen LogP contribution is -2.38. The van der Waals surface area contributed by atoms with E-state index in [-0.39, 0.29) is 6.10 Å². The van der Waals surface area contributed by atoms with E-state index >= 15 is 0 Å². The maximum Gasteiger partial charge on any atom is 0.147 e. The molecule has 24 heavy (non-hydrogen) atoms. The molecule has 1 unspecified atom stereocenters. The molecule has 0 aliphatic rings. The van der Waals surface area contributed by atoms with Crippen molar-refractivity contribution in [1.82, 2.24) is 0 Å². The molecule has 122 valence electrons. The van der Waals surface area contributed by atoms with Gasteiger partial charge in [0.05, 0.1) is 0 Å². The van der Waals surface area contributed by atoms with Gasteiger partial charge < -0.3 is 9.16 Å². The van der Waals surface area contributed by atoms with Crippen molar-refractivity contribution in [3.8, 4) is 0 Å². The Morgan fingerprint density at radius 1 is 0.708 bits per heavy atom. The minimum atomic E-state index is -0.662. The molecule has 0 aliphatic carbocycles. The van der Waals surface area contributed by atoms with Crippen LogP contribution < -0.4 is 0 Å². The van der Waals surface area contributed by atoms with Crippen LogP contribution in [-0.2, 0) is 14.8 Å². The lowest BCUT2D eigenvalue weighted by atomic mass is 9.79. The molecule has 0 radical (unpaired) electrons. The van der Waals surface area contributed by atoms with Gasteiger partial charge in [-0.2, -0.15) is 0 Å². The van der Waals surface area contributed by atoms with Crippen LogP contribution in [0.1, 0.15) is 22.8 Å². The van der Waals surface area contributed by atoms with Crippen molar-refractivity contribution in [1.29, 1.82) is 0 Å². The van der Waals surface area contributed by atoms with Crippen LogP contribution in [0.2, 0.25) is 0 Å². The molecule has 0 N–H and O–H groups in total. The molecule has 2 nitrogen and oxygen atoms in total. The minimum absolute atomic E-state index is 0.235. The van der Waals surface area contributed by atoms with Crippen LogP contribution in [0.25, 0.3) is 0 Å². The topological polar surface area (TPSA) is 18.5 Å². The summed E-state index contributed by atoms with van der Waals surface area (Å²) < 4.78 is 12.3. The van der Waals surface area contributed by atoms with Crippen LogP contribution in [0.15, 0.2) is 91.0 Å². The number of methoxy groups -OCH3 is 1. The molecule has 1 atom stereocenters. The predicted molar refractivity (Wildman–Crippen MR) is 101 cm³/mol. The first-order chi connectivity index (χ1) is 11.8. The second-order valence-electron chi connectivity index (χ2n) is 5.70. The van der Waals surface area contributed by atoms with E-state index in [2.05, 4.69) is 36.4 Å². The summed E-state index contributed by atoms with van der Waals surface area (Å²) in [4.78, 5) is 0. The third-order valence-corrected chi connectivity index (χ3v) is 5.08. The van der Waals surface area contributed by atoms with Crippen molar-refractivity contribution in [3.05, 3.63) is 108 Å². The Hall–Kier alpha value is -2.20. The van der Waals surface area contributed by atoms with Crippen molar-refractivity contribution in [2.45, 2.75) is 11.7 Å². The zero-order chi connectivity index (χ0) is 16.8. The molecule has 3 heteroatoms. The molecule has 0 fully saturated rings. The van der Waals surface area contributed by atoms with Crippen LogP contribution in [0, 0.1) is 0 Å². The lowest BCUT2D eigenvalue weighted by Gasteiger charge is -2.40. The van der Waals surface area contributed by atoms with Crippen molar-refractivity contribution in [2.24, 2.45) is 0 Å². The SMILES string of the molecule is COC(c1ccccc1)C(O[SiH3])(c1ccccc1)c1ccccc1. The van der Waals surface area contributed by atoms with E-state index in [1.807, 2.05) is 54.6 Å². The molecular weight excluding hydrogens is 312 g/mol. The van der Waals surface area contributed by atoms with Gasteiger partial charge >= 0.3 is 0 Å². The third-order valence-electron chi connectivity index (χ3n) is 4.43. The van der Waals surface area contributed by atoms with Crippen LogP contribution in [0.3, 0.4) is 0 Å². The highest BCUT2D eigenvalue weighted by Crippen LogP contribution is 2.45. The number of hydrogen-bond acceptors (Lipinski definition) is 2. The average molecular weight is 334 g/mol. The van der Waals surface area contributed by atoms with Gasteiger partial charge in [-0.3, -0.25) is 0 Å². The van der Waals surface area contributed by atoms with E-state index in [1.54, 1.807) is 7.11 Å². The first kappa shape index (κ1) is 16.6. The van der Waals surface area contributed by atoms with Crippen molar-refractivity contribution < 1.29 is 9.16 Å². The fourth-order valence-corrected chi connectivity index (χ4v) is 4.03. The summed E-state index contributed by atoms with van der Waals surface area (Å²) in [5, 5.41) is 0. The fraction of sp³-hybridized carbons (Fsp3) is 0.143. The Morgan fingerprint density at radius 3 is 1.50 bits per heavy atom. The highest BCUT2D eigenvalue weighted by molar-refractivity contribution is 5.98. The van der Waals surface area contributed by atoms with E-state index in [4.69, 9.17) is 9.16 Å². The van der Waals surface area contributed by atoms with Crippen LogP contribution in [0.4, 0.5) is 0 Å². The van der Waals surface area contributed by atoms with Gasteiger partial charge in [0.25, 0.3) is 0 Å². The molecule has 0 saturated carbocycles. The summed E-state index contributed by atoms with van der Waals surface area (Å²) in [6.07, 6.45) is -0.235. The van der Waals surface area contributed by atoms with E-state index in [9.17, 15) is 0 Å². The third kappa shape index (κ3) is 2.94. The zero-order valence-electron chi connectivity index (χ0n) is 14.1. The number of hydrogen-bond donors (Lipinski definition) is 0. The van der Waals surface area contributed by atoms with E-state index < -0.39 is 5.60 Å². The molecule has 3 aromatic rings. The Labute approximate surface area is 146 Å². The van der Waals surface area contributed by atoms with Gasteiger partial charge in [-0.05, 0) is 16.7 Å². The Morgan fingerprint density at radius 2 is 1.12 bits per heavy atom. The van der Waals surface area contributed by atoms with Crippen LogP contribution >= 0.6 is 0 Å². The first-order valence-electron chi connectivity index (χ1n) is 8.07. The van der Waals surface area contributed by atoms with Gasteiger partial charge in [0, 0.05) is 7.11 Å². The smallest absolute Gasteiger partial charge is 0.147 e. The molecule has 0 spiro atoms. The highest BCUT2D eigenvalue weighted by Gasteiger charge is 2.43. The van der Waals surface area contributed by atoms with E-state index in [1.165, 1.54) is 0 Å². The molecule has 3 aromatic carbocycles. The van der Waals surface area contributed by atoms with Crippen molar-refractivity contribution >= 4 is 10.5 Å². The lowest BCUT2D eigenvalue weighted by molar-refractivity contribution is -0.0533. The normalized spacial score (nSPS) is 12.9. The summed E-state index contributed by atoms with van der Waals surface area (Å²) >= 11 is 0. The fourth-order valence-electron chi connectivity index (χ4n) is 3.35. The number of rotatable bonds is 6. The second-order valence-corrected chi connectivity index (χ2v) is 6.11. The van der Waals surface area contributed by atoms with Gasteiger partial charge in [0.15, 0.2) is 0 Å². The number of ether oxygens (including phenoxy) is 1. The zero-order valence-corrected chi connectivity index (χ0v) is 16.1. The molecule has 0 amide bonds. The summed E-state index contributed by atoms with van der Waals surface area (Å²) in [6.45, 7) is 0. The van der Waals surface area contributed by atoms with Gasteiger partial charge in [0.2, 0.25) is 0 Å². The van der Waals surface area contributed by atoms with Gasteiger partial charge in [-0.1, -0.05) is 91.0 Å². The molecule has 0 aliphatic heterocycles. The Kier molecular flexibility index (Phi) is 5.26. The number of benzene rings is 3.